The Labute approximate surface area is 139 Å². The van der Waals surface area contributed by atoms with Crippen LogP contribution in [0, 0.1) is 6.92 Å². The zero-order valence-corrected chi connectivity index (χ0v) is 13.2. The molecule has 0 radical (unpaired) electrons. The van der Waals surface area contributed by atoms with E-state index in [9.17, 15) is 4.79 Å². The van der Waals surface area contributed by atoms with Crippen molar-refractivity contribution in [3.8, 4) is 11.5 Å². The zero-order valence-electron chi connectivity index (χ0n) is 13.2. The van der Waals surface area contributed by atoms with E-state index >= 15 is 0 Å². The Bertz CT molecular complexity index is 992. The minimum absolute atomic E-state index is 0.284. The van der Waals surface area contributed by atoms with Gasteiger partial charge in [0.1, 0.15) is 11.5 Å². The van der Waals surface area contributed by atoms with Crippen LogP contribution < -0.4 is 14.4 Å². The van der Waals surface area contributed by atoms with Gasteiger partial charge >= 0.3 is 5.97 Å². The molecule has 24 heavy (non-hydrogen) atoms. The number of hydrogen-bond acceptors (Lipinski definition) is 4. The lowest BCUT2D eigenvalue weighted by Crippen LogP contribution is -2.31. The van der Waals surface area contributed by atoms with E-state index in [1.54, 1.807) is 6.07 Å². The Morgan fingerprint density at radius 1 is 1.08 bits per heavy atom. The zero-order chi connectivity index (χ0) is 16.3. The number of carbonyl (C=O) groups excluding carboxylic acids is 1. The molecule has 0 saturated heterocycles. The lowest BCUT2D eigenvalue weighted by atomic mass is 10.00. The summed E-state index contributed by atoms with van der Waals surface area (Å²) in [6.45, 7) is 3.29. The fourth-order valence-electron chi connectivity index (χ4n) is 3.48. The summed E-state index contributed by atoms with van der Waals surface area (Å²) in [4.78, 5) is 14.2. The summed E-state index contributed by atoms with van der Waals surface area (Å²) in [5, 5.41) is 1.82. The molecule has 5 rings (SSSR count). The third-order valence-electron chi connectivity index (χ3n) is 4.70. The predicted molar refractivity (Wildman–Crippen MR) is 91.8 cm³/mol. The van der Waals surface area contributed by atoms with Gasteiger partial charge < -0.3 is 14.4 Å². The first-order chi connectivity index (χ1) is 11.7. The van der Waals surface area contributed by atoms with Crippen molar-refractivity contribution in [3.63, 3.8) is 0 Å². The van der Waals surface area contributed by atoms with Crippen molar-refractivity contribution < 1.29 is 14.3 Å². The Morgan fingerprint density at radius 3 is 2.75 bits per heavy atom. The quantitative estimate of drug-likeness (QED) is 0.501. The highest BCUT2D eigenvalue weighted by molar-refractivity contribution is 6.14. The molecule has 2 heterocycles. The molecule has 3 aromatic rings. The highest BCUT2D eigenvalue weighted by Crippen LogP contribution is 2.44. The van der Waals surface area contributed by atoms with E-state index in [4.69, 9.17) is 9.47 Å². The van der Waals surface area contributed by atoms with Gasteiger partial charge in [-0.2, -0.15) is 0 Å². The van der Waals surface area contributed by atoms with E-state index < -0.39 is 0 Å². The van der Waals surface area contributed by atoms with Crippen LogP contribution in [-0.2, 0) is 6.54 Å². The summed E-state index contributed by atoms with van der Waals surface area (Å²) in [5.74, 6) is 1.21. The van der Waals surface area contributed by atoms with Crippen LogP contribution in [0.1, 0.15) is 21.5 Å². The van der Waals surface area contributed by atoms with Crippen LogP contribution >= 0.6 is 0 Å². The molecule has 0 unspecified atom stereocenters. The number of rotatable bonds is 1. The topological polar surface area (TPSA) is 38.8 Å². The summed E-state index contributed by atoms with van der Waals surface area (Å²) in [5.41, 5.74) is 4.01. The second-order valence-electron chi connectivity index (χ2n) is 6.29. The molecule has 118 valence electrons. The summed E-state index contributed by atoms with van der Waals surface area (Å²) in [6.07, 6.45) is 0. The van der Waals surface area contributed by atoms with Crippen molar-refractivity contribution in [2.24, 2.45) is 0 Å². The Kier molecular flexibility index (Phi) is 2.65. The summed E-state index contributed by atoms with van der Waals surface area (Å²) >= 11 is 0. The molecule has 0 amide bonds. The summed E-state index contributed by atoms with van der Waals surface area (Å²) in [7, 11) is 0. The maximum atomic E-state index is 12.0. The van der Waals surface area contributed by atoms with Crippen LogP contribution in [-0.4, -0.2) is 12.7 Å². The predicted octanol–water partition coefficient (Wildman–Crippen LogP) is 4.04. The van der Waals surface area contributed by atoms with Crippen LogP contribution in [0.25, 0.3) is 10.8 Å². The van der Waals surface area contributed by atoms with Crippen molar-refractivity contribution in [1.29, 1.82) is 0 Å². The second-order valence-corrected chi connectivity index (χ2v) is 6.29. The Hall–Kier alpha value is -3.01. The smallest absolute Gasteiger partial charge is 0.344 e. The van der Waals surface area contributed by atoms with E-state index in [1.165, 1.54) is 5.56 Å². The maximum absolute atomic E-state index is 12.0. The van der Waals surface area contributed by atoms with E-state index in [-0.39, 0.29) is 5.97 Å². The van der Waals surface area contributed by atoms with Crippen molar-refractivity contribution in [2.75, 3.05) is 11.6 Å². The van der Waals surface area contributed by atoms with Gasteiger partial charge in [0.25, 0.3) is 0 Å². The minimum Gasteiger partial charge on any atom is -0.472 e. The average Bonchev–Trinajstić information content (AvgIpc) is 2.92. The van der Waals surface area contributed by atoms with Gasteiger partial charge in [-0.3, -0.25) is 0 Å². The van der Waals surface area contributed by atoms with Gasteiger partial charge in [-0.1, -0.05) is 29.8 Å². The second kappa shape index (κ2) is 4.74. The fourth-order valence-corrected chi connectivity index (χ4v) is 3.48. The van der Waals surface area contributed by atoms with Crippen molar-refractivity contribution in [1.82, 2.24) is 0 Å². The number of ether oxygens (including phenoxy) is 2. The molecular formula is C20H15NO3. The molecule has 0 aliphatic carbocycles. The van der Waals surface area contributed by atoms with Gasteiger partial charge in [0.2, 0.25) is 0 Å². The maximum Gasteiger partial charge on any atom is 0.344 e. The number of anilines is 1. The monoisotopic (exact) mass is 317 g/mol. The van der Waals surface area contributed by atoms with Gasteiger partial charge in [0.15, 0.2) is 6.73 Å². The fraction of sp³-hybridized carbons (Fsp3) is 0.150. The highest BCUT2D eigenvalue weighted by Gasteiger charge is 2.29. The first-order valence-corrected chi connectivity index (χ1v) is 7.96. The number of esters is 1. The van der Waals surface area contributed by atoms with Gasteiger partial charge in [-0.05, 0) is 31.2 Å². The van der Waals surface area contributed by atoms with Gasteiger partial charge in [-0.15, -0.1) is 0 Å². The highest BCUT2D eigenvalue weighted by atomic mass is 16.5. The van der Waals surface area contributed by atoms with Crippen molar-refractivity contribution >= 4 is 22.4 Å². The number of nitrogens with zero attached hydrogens (tertiary/aromatic N) is 1. The van der Waals surface area contributed by atoms with E-state index in [0.717, 1.165) is 34.3 Å². The SMILES string of the molecule is Cc1ccc(N2COc3c(cc4c5c(cccc35)C(=O)O4)C2)cc1. The van der Waals surface area contributed by atoms with Gasteiger partial charge in [0.05, 0.1) is 12.1 Å². The average molecular weight is 317 g/mol. The molecule has 3 aromatic carbocycles. The molecule has 0 aromatic heterocycles. The van der Waals surface area contributed by atoms with Crippen molar-refractivity contribution in [2.45, 2.75) is 13.5 Å². The third kappa shape index (κ3) is 1.83. The molecule has 0 atom stereocenters. The molecule has 2 aliphatic rings. The molecule has 0 bridgehead atoms. The number of aryl methyl sites for hydroxylation is 1. The normalized spacial score (nSPS) is 15.2. The number of benzene rings is 3. The van der Waals surface area contributed by atoms with Crippen LogP contribution in [0.2, 0.25) is 0 Å². The van der Waals surface area contributed by atoms with Crippen LogP contribution in [0.4, 0.5) is 5.69 Å². The first-order valence-electron chi connectivity index (χ1n) is 7.96. The van der Waals surface area contributed by atoms with Gasteiger partial charge in [0, 0.05) is 22.0 Å². The van der Waals surface area contributed by atoms with E-state index in [2.05, 4.69) is 36.1 Å². The first kappa shape index (κ1) is 13.4. The molecule has 4 nitrogen and oxygen atoms in total. The number of hydrogen-bond donors (Lipinski definition) is 0. The molecular weight excluding hydrogens is 302 g/mol. The molecule has 0 spiro atoms. The molecule has 0 saturated carbocycles. The van der Waals surface area contributed by atoms with Gasteiger partial charge in [-0.25, -0.2) is 4.79 Å². The summed E-state index contributed by atoms with van der Waals surface area (Å²) < 4.78 is 11.5. The molecule has 2 aliphatic heterocycles. The molecule has 0 N–H and O–H groups in total. The molecule has 0 fully saturated rings. The Morgan fingerprint density at radius 2 is 1.92 bits per heavy atom. The summed E-state index contributed by atoms with van der Waals surface area (Å²) in [6, 6.07) is 16.0. The number of carbonyl (C=O) groups is 1. The lowest BCUT2D eigenvalue weighted by molar-refractivity contribution is 0.0754. The van der Waals surface area contributed by atoms with Crippen LogP contribution in [0.3, 0.4) is 0 Å². The van der Waals surface area contributed by atoms with Crippen molar-refractivity contribution in [3.05, 3.63) is 65.2 Å². The lowest BCUT2D eigenvalue weighted by Gasteiger charge is -2.31. The van der Waals surface area contributed by atoms with Crippen LogP contribution in [0.5, 0.6) is 11.5 Å². The standard InChI is InChI=1S/C20H15NO3/c1-12-5-7-14(8-6-12)21-10-13-9-17-18-15(19(13)23-11-21)3-2-4-16(18)20(22)24-17/h2-9H,10-11H2,1H3. The number of fused-ring (bicyclic) bond motifs is 2. The molecule has 4 heteroatoms. The largest absolute Gasteiger partial charge is 0.472 e. The third-order valence-corrected chi connectivity index (χ3v) is 4.70. The van der Waals surface area contributed by atoms with E-state index in [1.807, 2.05) is 18.2 Å². The van der Waals surface area contributed by atoms with Crippen LogP contribution in [0.15, 0.2) is 48.5 Å². The Balaban J connectivity index is 1.62. The van der Waals surface area contributed by atoms with E-state index in [0.29, 0.717) is 18.0 Å². The minimum atomic E-state index is -0.284.